The molecule has 2 aromatic rings. The number of sulfonamides is 1. The molecular weight excluding hydrogens is 388 g/mol. The Labute approximate surface area is 160 Å². The van der Waals surface area contributed by atoms with Gasteiger partial charge >= 0.3 is 0 Å². The molecule has 0 saturated carbocycles. The fourth-order valence-electron chi connectivity index (χ4n) is 2.95. The molecule has 1 amide bonds. The summed E-state index contributed by atoms with van der Waals surface area (Å²) in [4.78, 5) is 27.4. The Morgan fingerprint density at radius 1 is 1.22 bits per heavy atom. The van der Waals surface area contributed by atoms with E-state index in [0.717, 1.165) is 0 Å². The summed E-state index contributed by atoms with van der Waals surface area (Å²) in [7, 11) is -3.87. The number of benzene rings is 1. The molecule has 0 saturated heterocycles. The van der Waals surface area contributed by atoms with Gasteiger partial charge in [-0.3, -0.25) is 14.5 Å². The Bertz CT molecular complexity index is 1020. The van der Waals surface area contributed by atoms with E-state index in [9.17, 15) is 23.1 Å². The van der Waals surface area contributed by atoms with Crippen LogP contribution in [0.15, 0.2) is 58.0 Å². The van der Waals surface area contributed by atoms with Gasteiger partial charge in [0.05, 0.1) is 10.5 Å². The zero-order chi connectivity index (χ0) is 19.9. The van der Waals surface area contributed by atoms with Gasteiger partial charge in [-0.15, -0.1) is 11.3 Å². The quantitative estimate of drug-likeness (QED) is 0.791. The number of ketones is 1. The van der Waals surface area contributed by atoms with Gasteiger partial charge in [-0.25, -0.2) is 13.6 Å². The maximum atomic E-state index is 12.8. The Hall–Kier alpha value is -2.49. The number of carbonyl (C=O) groups is 2. The van der Waals surface area contributed by atoms with Crippen LogP contribution in [0.4, 0.5) is 5.69 Å². The minimum absolute atomic E-state index is 0.0490. The topological polar surface area (TPSA) is 118 Å². The average molecular weight is 406 g/mol. The van der Waals surface area contributed by atoms with Crippen LogP contribution in [0.3, 0.4) is 0 Å². The predicted molar refractivity (Wildman–Crippen MR) is 102 cm³/mol. The molecule has 0 radical (unpaired) electrons. The summed E-state index contributed by atoms with van der Waals surface area (Å²) in [6.45, 7) is 3.39. The summed E-state index contributed by atoms with van der Waals surface area (Å²) >= 11 is 1.36. The van der Waals surface area contributed by atoms with Crippen LogP contribution in [-0.2, 0) is 19.6 Å². The monoisotopic (exact) mass is 406 g/mol. The number of aliphatic hydroxyl groups is 1. The Kier molecular flexibility index (Phi) is 4.94. The number of amides is 1. The summed E-state index contributed by atoms with van der Waals surface area (Å²) < 4.78 is 22.9. The molecule has 2 heterocycles. The first-order valence-electron chi connectivity index (χ1n) is 8.10. The van der Waals surface area contributed by atoms with Crippen molar-refractivity contribution in [1.29, 1.82) is 0 Å². The normalized spacial score (nSPS) is 17.9. The van der Waals surface area contributed by atoms with Crippen LogP contribution in [0, 0.1) is 5.92 Å². The lowest BCUT2D eigenvalue weighted by Crippen LogP contribution is -2.31. The van der Waals surface area contributed by atoms with Crippen molar-refractivity contribution >= 4 is 38.7 Å². The zero-order valence-electron chi connectivity index (χ0n) is 14.6. The number of thiophene rings is 1. The highest BCUT2D eigenvalue weighted by Crippen LogP contribution is 2.43. The third kappa shape index (κ3) is 3.41. The van der Waals surface area contributed by atoms with E-state index in [1.54, 1.807) is 26.0 Å². The first kappa shape index (κ1) is 19.3. The molecule has 142 valence electrons. The molecule has 27 heavy (non-hydrogen) atoms. The number of anilines is 1. The van der Waals surface area contributed by atoms with E-state index in [-0.39, 0.29) is 16.3 Å². The van der Waals surface area contributed by atoms with E-state index in [1.807, 2.05) is 5.38 Å². The molecule has 0 spiro atoms. The van der Waals surface area contributed by atoms with Crippen LogP contribution >= 0.6 is 11.3 Å². The van der Waals surface area contributed by atoms with Crippen molar-refractivity contribution in [1.82, 2.24) is 0 Å². The Balaban J connectivity index is 2.12. The summed E-state index contributed by atoms with van der Waals surface area (Å²) in [5.41, 5.74) is 0.400. The second-order valence-electron chi connectivity index (χ2n) is 6.41. The smallest absolute Gasteiger partial charge is 0.294 e. The molecule has 1 aliphatic rings. The van der Waals surface area contributed by atoms with Crippen LogP contribution in [0.5, 0.6) is 0 Å². The van der Waals surface area contributed by atoms with Crippen LogP contribution in [0.25, 0.3) is 0 Å². The fourth-order valence-corrected chi connectivity index (χ4v) is 4.29. The lowest BCUT2D eigenvalue weighted by atomic mass is 9.94. The van der Waals surface area contributed by atoms with Crippen molar-refractivity contribution < 1.29 is 23.1 Å². The number of aliphatic hydroxyl groups excluding tert-OH is 1. The van der Waals surface area contributed by atoms with Gasteiger partial charge in [0.2, 0.25) is 10.0 Å². The Morgan fingerprint density at radius 2 is 1.85 bits per heavy atom. The predicted octanol–water partition coefficient (Wildman–Crippen LogP) is 2.52. The van der Waals surface area contributed by atoms with E-state index in [4.69, 9.17) is 5.14 Å². The van der Waals surface area contributed by atoms with Gasteiger partial charge in [0.25, 0.3) is 5.91 Å². The number of hydrogen-bond donors (Lipinski definition) is 2. The van der Waals surface area contributed by atoms with Gasteiger partial charge in [-0.05, 0) is 35.7 Å². The molecule has 3 N–H and O–H groups in total. The van der Waals surface area contributed by atoms with Crippen molar-refractivity contribution in [3.8, 4) is 0 Å². The molecule has 7 nitrogen and oxygen atoms in total. The molecule has 1 aromatic heterocycles. The number of Topliss-reactive ketones (excluding diaryl/α,β-unsaturated/α-hetero) is 1. The lowest BCUT2D eigenvalue weighted by Gasteiger charge is -2.26. The largest absolute Gasteiger partial charge is 0.503 e. The van der Waals surface area contributed by atoms with E-state index in [1.165, 1.54) is 40.5 Å². The second kappa shape index (κ2) is 6.91. The maximum Gasteiger partial charge on any atom is 0.294 e. The van der Waals surface area contributed by atoms with E-state index in [0.29, 0.717) is 10.6 Å². The third-order valence-corrected chi connectivity index (χ3v) is 6.11. The highest BCUT2D eigenvalue weighted by molar-refractivity contribution is 7.89. The molecule has 0 bridgehead atoms. The van der Waals surface area contributed by atoms with Crippen LogP contribution in [-0.4, -0.2) is 25.2 Å². The van der Waals surface area contributed by atoms with Crippen molar-refractivity contribution in [2.75, 3.05) is 4.90 Å². The highest BCUT2D eigenvalue weighted by Gasteiger charge is 2.45. The third-order valence-electron chi connectivity index (χ3n) is 4.25. The molecule has 0 aliphatic carbocycles. The summed E-state index contributed by atoms with van der Waals surface area (Å²) in [5, 5.41) is 17.3. The summed E-state index contributed by atoms with van der Waals surface area (Å²) in [6.07, 6.45) is 0. The Morgan fingerprint density at radius 3 is 2.33 bits per heavy atom. The lowest BCUT2D eigenvalue weighted by molar-refractivity contribution is -0.119. The molecule has 1 atom stereocenters. The second-order valence-corrected chi connectivity index (χ2v) is 8.95. The number of primary sulfonamides is 1. The van der Waals surface area contributed by atoms with E-state index < -0.39 is 33.6 Å². The highest BCUT2D eigenvalue weighted by atomic mass is 32.2. The first-order valence-corrected chi connectivity index (χ1v) is 10.5. The van der Waals surface area contributed by atoms with Gasteiger partial charge in [0.1, 0.15) is 6.04 Å². The van der Waals surface area contributed by atoms with Crippen molar-refractivity contribution in [3.63, 3.8) is 0 Å². The van der Waals surface area contributed by atoms with E-state index in [2.05, 4.69) is 0 Å². The first-order chi connectivity index (χ1) is 12.6. The maximum absolute atomic E-state index is 12.8. The van der Waals surface area contributed by atoms with Gasteiger partial charge in [-0.2, -0.15) is 0 Å². The molecule has 1 unspecified atom stereocenters. The molecule has 1 aromatic carbocycles. The van der Waals surface area contributed by atoms with Gasteiger partial charge in [0.15, 0.2) is 11.5 Å². The number of nitrogens with zero attached hydrogens (tertiary/aromatic N) is 1. The average Bonchev–Trinajstić information content (AvgIpc) is 3.21. The van der Waals surface area contributed by atoms with Crippen LogP contribution in [0.1, 0.15) is 24.8 Å². The SMILES string of the molecule is CC(C)C(=O)C1=C(O)C(=O)N(c2ccc(S(N)(=O)=O)cc2)C1c1cccs1. The summed E-state index contributed by atoms with van der Waals surface area (Å²) in [5.74, 6) is -2.01. The van der Waals surface area contributed by atoms with Crippen LogP contribution in [0.2, 0.25) is 0 Å². The molecule has 3 rings (SSSR count). The number of carbonyl (C=O) groups excluding carboxylic acids is 2. The number of nitrogens with two attached hydrogens (primary N) is 1. The van der Waals surface area contributed by atoms with Gasteiger partial charge < -0.3 is 5.11 Å². The fraction of sp³-hybridized carbons (Fsp3) is 0.222. The van der Waals surface area contributed by atoms with Crippen molar-refractivity contribution in [2.45, 2.75) is 24.8 Å². The minimum Gasteiger partial charge on any atom is -0.503 e. The van der Waals surface area contributed by atoms with Gasteiger partial charge in [0, 0.05) is 16.5 Å². The standard InChI is InChI=1S/C18H18N2O5S2/c1-10(2)16(21)14-15(13-4-3-9-26-13)20(18(23)17(14)22)11-5-7-12(8-6-11)27(19,24)25/h3-10,15,22H,1-2H3,(H2,19,24,25). The molecular formula is C18H18N2O5S2. The minimum atomic E-state index is -3.87. The molecule has 9 heteroatoms. The summed E-state index contributed by atoms with van der Waals surface area (Å²) in [6, 6.07) is 8.21. The molecule has 0 fully saturated rings. The van der Waals surface area contributed by atoms with E-state index >= 15 is 0 Å². The van der Waals surface area contributed by atoms with Crippen molar-refractivity contribution in [3.05, 3.63) is 58.0 Å². The van der Waals surface area contributed by atoms with Crippen molar-refractivity contribution in [2.24, 2.45) is 11.1 Å². The number of rotatable bonds is 5. The number of hydrogen-bond acceptors (Lipinski definition) is 6. The van der Waals surface area contributed by atoms with Gasteiger partial charge in [-0.1, -0.05) is 19.9 Å². The zero-order valence-corrected chi connectivity index (χ0v) is 16.3. The molecule has 1 aliphatic heterocycles. The van der Waals surface area contributed by atoms with Crippen LogP contribution < -0.4 is 10.0 Å².